The molecule has 0 radical (unpaired) electrons. The number of thiazole rings is 1. The molecule has 154 valence electrons. The van der Waals surface area contributed by atoms with Crippen LogP contribution in [0.2, 0.25) is 0 Å². The van der Waals surface area contributed by atoms with Crippen LogP contribution in [0.25, 0.3) is 11.3 Å². The number of hydrogen-bond acceptors (Lipinski definition) is 6. The summed E-state index contributed by atoms with van der Waals surface area (Å²) in [6.07, 6.45) is 0. The van der Waals surface area contributed by atoms with Crippen LogP contribution in [0, 0.1) is 13.8 Å². The Kier molecular flexibility index (Phi) is 7.47. The number of nitrogens with one attached hydrogen (secondary N) is 1. The minimum Gasteiger partial charge on any atom is -0.493 e. The summed E-state index contributed by atoms with van der Waals surface area (Å²) in [5.41, 5.74) is 3.46. The molecule has 0 spiro atoms. The van der Waals surface area contributed by atoms with E-state index in [1.807, 2.05) is 38.1 Å². The summed E-state index contributed by atoms with van der Waals surface area (Å²) < 4.78 is 15.9. The fourth-order valence-corrected chi connectivity index (χ4v) is 3.64. The fraction of sp³-hybridized carbons (Fsp3) is 0.238. The lowest BCUT2D eigenvalue weighted by Gasteiger charge is -2.13. The topological polar surface area (TPSA) is 69.7 Å². The first kappa shape index (κ1) is 22.5. The Bertz CT molecular complexity index is 977. The minimum absolute atomic E-state index is 0. The third-order valence-corrected chi connectivity index (χ3v) is 5.16. The number of benzene rings is 2. The van der Waals surface area contributed by atoms with Gasteiger partial charge in [0.15, 0.2) is 16.6 Å². The Morgan fingerprint density at radius 2 is 1.55 bits per heavy atom. The molecule has 0 bridgehead atoms. The normalized spacial score (nSPS) is 10.1. The summed E-state index contributed by atoms with van der Waals surface area (Å²) in [6.45, 7) is 4.03. The van der Waals surface area contributed by atoms with Crippen LogP contribution >= 0.6 is 23.7 Å². The van der Waals surface area contributed by atoms with E-state index in [0.29, 0.717) is 27.9 Å². The van der Waals surface area contributed by atoms with Gasteiger partial charge in [-0.1, -0.05) is 29.8 Å². The summed E-state index contributed by atoms with van der Waals surface area (Å²) >= 11 is 1.43. The molecule has 0 atom stereocenters. The number of rotatable bonds is 6. The van der Waals surface area contributed by atoms with Crippen LogP contribution in [0.3, 0.4) is 0 Å². The van der Waals surface area contributed by atoms with Gasteiger partial charge in [0, 0.05) is 16.0 Å². The van der Waals surface area contributed by atoms with Crippen LogP contribution in [-0.2, 0) is 0 Å². The number of anilines is 1. The van der Waals surface area contributed by atoms with Gasteiger partial charge in [0.2, 0.25) is 5.75 Å². The molecular formula is C21H23ClN2O4S. The summed E-state index contributed by atoms with van der Waals surface area (Å²) in [5.74, 6) is 0.974. The van der Waals surface area contributed by atoms with E-state index < -0.39 is 0 Å². The second-order valence-electron chi connectivity index (χ2n) is 6.16. The maximum atomic E-state index is 12.8. The highest BCUT2D eigenvalue weighted by Gasteiger charge is 2.18. The lowest BCUT2D eigenvalue weighted by Crippen LogP contribution is -2.12. The minimum atomic E-state index is -0.302. The Hall–Kier alpha value is -2.77. The Labute approximate surface area is 180 Å². The van der Waals surface area contributed by atoms with E-state index in [-0.39, 0.29) is 18.3 Å². The Morgan fingerprint density at radius 1 is 0.966 bits per heavy atom. The van der Waals surface area contributed by atoms with Gasteiger partial charge in [-0.3, -0.25) is 10.1 Å². The molecule has 1 amide bonds. The first-order valence-corrected chi connectivity index (χ1v) is 9.44. The van der Waals surface area contributed by atoms with Crippen molar-refractivity contribution in [3.63, 3.8) is 0 Å². The van der Waals surface area contributed by atoms with Crippen molar-refractivity contribution < 1.29 is 19.0 Å². The van der Waals surface area contributed by atoms with Crippen LogP contribution in [0.1, 0.15) is 20.8 Å². The molecule has 0 aliphatic heterocycles. The van der Waals surface area contributed by atoms with Crippen molar-refractivity contribution >= 4 is 34.8 Å². The van der Waals surface area contributed by atoms with E-state index in [4.69, 9.17) is 14.2 Å². The van der Waals surface area contributed by atoms with E-state index in [2.05, 4.69) is 10.3 Å². The summed E-state index contributed by atoms with van der Waals surface area (Å²) in [7, 11) is 4.54. The van der Waals surface area contributed by atoms with Gasteiger partial charge < -0.3 is 14.2 Å². The zero-order chi connectivity index (χ0) is 20.3. The molecule has 1 heterocycles. The standard InChI is InChI=1S/C21H22N2O4S.ClH/c1-12-6-8-14(9-7-12)18-13(2)28-21(22-18)23-20(24)15-10-16(25-3)19(27-5)17(11-15)26-4;/h6-11H,1-5H3,(H,22,23,24);1H. The molecule has 0 unspecified atom stereocenters. The lowest BCUT2D eigenvalue weighted by molar-refractivity contribution is 0.102. The number of hydrogen-bond donors (Lipinski definition) is 1. The van der Waals surface area contributed by atoms with Crippen LogP contribution < -0.4 is 19.5 Å². The number of halogens is 1. The van der Waals surface area contributed by atoms with Gasteiger partial charge in [0.05, 0.1) is 27.0 Å². The highest BCUT2D eigenvalue weighted by Crippen LogP contribution is 2.38. The Morgan fingerprint density at radius 3 is 2.07 bits per heavy atom. The van der Waals surface area contributed by atoms with Crippen molar-refractivity contribution in [3.8, 4) is 28.5 Å². The summed E-state index contributed by atoms with van der Waals surface area (Å²) in [5, 5.41) is 3.39. The highest BCUT2D eigenvalue weighted by molar-refractivity contribution is 7.16. The van der Waals surface area contributed by atoms with Crippen molar-refractivity contribution in [2.24, 2.45) is 0 Å². The van der Waals surface area contributed by atoms with Gasteiger partial charge >= 0.3 is 0 Å². The molecule has 3 rings (SSSR count). The average Bonchev–Trinajstić information content (AvgIpc) is 3.07. The number of carbonyl (C=O) groups excluding carboxylic acids is 1. The van der Waals surface area contributed by atoms with Gasteiger partial charge in [-0.25, -0.2) is 4.98 Å². The molecule has 2 aromatic carbocycles. The number of aryl methyl sites for hydroxylation is 2. The number of aromatic nitrogens is 1. The zero-order valence-electron chi connectivity index (χ0n) is 16.9. The third-order valence-electron chi connectivity index (χ3n) is 4.27. The number of ether oxygens (including phenoxy) is 3. The van der Waals surface area contributed by atoms with Gasteiger partial charge in [-0.2, -0.15) is 0 Å². The van der Waals surface area contributed by atoms with Crippen LogP contribution in [0.15, 0.2) is 36.4 Å². The van der Waals surface area contributed by atoms with E-state index in [0.717, 1.165) is 16.1 Å². The van der Waals surface area contributed by atoms with Crippen molar-refractivity contribution in [1.82, 2.24) is 4.98 Å². The van der Waals surface area contributed by atoms with E-state index in [1.165, 1.54) is 38.2 Å². The molecule has 29 heavy (non-hydrogen) atoms. The predicted molar refractivity (Wildman–Crippen MR) is 118 cm³/mol. The molecule has 0 fully saturated rings. The van der Waals surface area contributed by atoms with E-state index >= 15 is 0 Å². The Balaban J connectivity index is 0.00000300. The van der Waals surface area contributed by atoms with Crippen molar-refractivity contribution in [3.05, 3.63) is 52.4 Å². The number of nitrogens with zero attached hydrogens (tertiary/aromatic N) is 1. The molecule has 3 aromatic rings. The molecule has 1 N–H and O–H groups in total. The zero-order valence-corrected chi connectivity index (χ0v) is 18.5. The van der Waals surface area contributed by atoms with Gasteiger partial charge in [0.1, 0.15) is 0 Å². The number of carbonyl (C=O) groups is 1. The maximum Gasteiger partial charge on any atom is 0.257 e. The quantitative estimate of drug-likeness (QED) is 0.582. The molecular weight excluding hydrogens is 412 g/mol. The van der Waals surface area contributed by atoms with Crippen LogP contribution in [0.5, 0.6) is 17.2 Å². The van der Waals surface area contributed by atoms with Crippen molar-refractivity contribution in [1.29, 1.82) is 0 Å². The van der Waals surface area contributed by atoms with E-state index in [1.54, 1.807) is 12.1 Å². The lowest BCUT2D eigenvalue weighted by atomic mass is 10.1. The van der Waals surface area contributed by atoms with Crippen molar-refractivity contribution in [2.75, 3.05) is 26.6 Å². The predicted octanol–water partition coefficient (Wildman–Crippen LogP) is 5.13. The number of amides is 1. The highest BCUT2D eigenvalue weighted by atomic mass is 35.5. The molecule has 1 aromatic heterocycles. The first-order chi connectivity index (χ1) is 13.5. The maximum absolute atomic E-state index is 12.8. The molecule has 0 saturated heterocycles. The molecule has 0 saturated carbocycles. The first-order valence-electron chi connectivity index (χ1n) is 8.62. The van der Waals surface area contributed by atoms with Gasteiger partial charge in [0.25, 0.3) is 5.91 Å². The van der Waals surface area contributed by atoms with Gasteiger partial charge in [-0.15, -0.1) is 23.7 Å². The fourth-order valence-electron chi connectivity index (χ4n) is 2.81. The molecule has 0 aliphatic rings. The summed E-state index contributed by atoms with van der Waals surface area (Å²) in [6, 6.07) is 11.4. The number of methoxy groups -OCH3 is 3. The average molecular weight is 435 g/mol. The van der Waals surface area contributed by atoms with E-state index in [9.17, 15) is 4.79 Å². The smallest absolute Gasteiger partial charge is 0.257 e. The second kappa shape index (κ2) is 9.62. The molecule has 0 aliphatic carbocycles. The third kappa shape index (κ3) is 4.81. The van der Waals surface area contributed by atoms with Crippen LogP contribution in [-0.4, -0.2) is 32.2 Å². The van der Waals surface area contributed by atoms with Gasteiger partial charge in [-0.05, 0) is 26.0 Å². The molecule has 8 heteroatoms. The monoisotopic (exact) mass is 434 g/mol. The molecule has 6 nitrogen and oxygen atoms in total. The SMILES string of the molecule is COc1cc(C(=O)Nc2nc(-c3ccc(C)cc3)c(C)s2)cc(OC)c1OC.Cl. The van der Waals surface area contributed by atoms with Crippen molar-refractivity contribution in [2.45, 2.75) is 13.8 Å². The largest absolute Gasteiger partial charge is 0.493 e. The van der Waals surface area contributed by atoms with Crippen LogP contribution in [0.4, 0.5) is 5.13 Å². The second-order valence-corrected chi connectivity index (χ2v) is 7.36. The summed E-state index contributed by atoms with van der Waals surface area (Å²) in [4.78, 5) is 18.4.